The molecule has 1 aliphatic rings. The smallest absolute Gasteiger partial charge is 0.295 e. The number of nitrogens with zero attached hydrogens (tertiary/aromatic N) is 1. The molecule has 2 aromatic rings. The molecule has 0 spiro atoms. The van der Waals surface area contributed by atoms with Gasteiger partial charge in [-0.3, -0.25) is 9.59 Å². The van der Waals surface area contributed by atoms with Crippen LogP contribution >= 0.6 is 23.2 Å². The average Bonchev–Trinajstić information content (AvgIpc) is 3.02. The highest BCUT2D eigenvalue weighted by Gasteiger charge is 2.46. The van der Waals surface area contributed by atoms with Crippen molar-refractivity contribution >= 4 is 40.7 Å². The number of rotatable bonds is 8. The van der Waals surface area contributed by atoms with Crippen molar-refractivity contribution in [2.45, 2.75) is 19.4 Å². The summed E-state index contributed by atoms with van der Waals surface area (Å²) in [7, 11) is 1.54. The van der Waals surface area contributed by atoms with Crippen molar-refractivity contribution in [3.63, 3.8) is 0 Å². The minimum Gasteiger partial charge on any atom is -0.507 e. The molecule has 170 valence electrons. The number of hydrogen-bond donors (Lipinski definition) is 2. The molecule has 1 saturated heterocycles. The fraction of sp³-hybridized carbons (Fsp3) is 0.304. The first-order chi connectivity index (χ1) is 15.3. The van der Waals surface area contributed by atoms with Crippen LogP contribution < -0.4 is 4.74 Å². The monoisotopic (exact) mass is 479 g/mol. The number of benzene rings is 2. The number of ketones is 1. The third-order valence-electron chi connectivity index (χ3n) is 5.08. The van der Waals surface area contributed by atoms with Gasteiger partial charge >= 0.3 is 0 Å². The fourth-order valence-electron chi connectivity index (χ4n) is 3.60. The van der Waals surface area contributed by atoms with E-state index in [-0.39, 0.29) is 34.2 Å². The zero-order valence-corrected chi connectivity index (χ0v) is 19.1. The van der Waals surface area contributed by atoms with Gasteiger partial charge in [-0.25, -0.2) is 0 Å². The zero-order chi connectivity index (χ0) is 23.4. The Morgan fingerprint density at radius 3 is 2.53 bits per heavy atom. The van der Waals surface area contributed by atoms with Gasteiger partial charge in [0.15, 0.2) is 0 Å². The van der Waals surface area contributed by atoms with Gasteiger partial charge in [-0.05, 0) is 49.2 Å². The molecule has 1 atom stereocenters. The maximum absolute atomic E-state index is 13.0. The van der Waals surface area contributed by atoms with Crippen LogP contribution in [0.25, 0.3) is 5.76 Å². The number of ether oxygens (including phenoxy) is 2. The number of hydrogen-bond acceptors (Lipinski definition) is 6. The molecular weight excluding hydrogens is 457 g/mol. The third kappa shape index (κ3) is 4.70. The average molecular weight is 480 g/mol. The number of carbonyl (C=O) groups is 2. The number of phenolic OH excluding ortho intramolecular Hbond substituents is 1. The summed E-state index contributed by atoms with van der Waals surface area (Å²) in [6, 6.07) is 8.11. The molecule has 1 heterocycles. The number of aliphatic hydroxyl groups is 1. The molecule has 1 unspecified atom stereocenters. The van der Waals surface area contributed by atoms with Crippen LogP contribution in [0.3, 0.4) is 0 Å². The van der Waals surface area contributed by atoms with Crippen molar-refractivity contribution in [2.75, 3.05) is 26.9 Å². The summed E-state index contributed by atoms with van der Waals surface area (Å²) < 4.78 is 10.5. The summed E-state index contributed by atoms with van der Waals surface area (Å²) in [6.45, 7) is 2.77. The molecule has 0 radical (unpaired) electrons. The van der Waals surface area contributed by atoms with E-state index in [0.717, 1.165) is 0 Å². The van der Waals surface area contributed by atoms with E-state index in [1.807, 2.05) is 0 Å². The molecule has 1 amide bonds. The first-order valence-corrected chi connectivity index (χ1v) is 10.7. The van der Waals surface area contributed by atoms with E-state index in [0.29, 0.717) is 36.0 Å². The molecule has 3 rings (SSSR count). The molecule has 2 aromatic carbocycles. The van der Waals surface area contributed by atoms with E-state index >= 15 is 0 Å². The number of likely N-dealkylation sites (tertiary alicyclic amines) is 1. The Hall–Kier alpha value is -2.74. The number of carbonyl (C=O) groups excluding carboxylic acids is 2. The standard InChI is InChI=1S/C23H23Cl2NO6/c1-3-32-18-12-14(5-7-15(18)24)21(28)19-20(13-6-8-17(27)16(25)11-13)26(9-4-10-31-2)23(30)22(19)29/h5-8,11-12,20,27-28H,3-4,9-10H2,1-2H3/b21-19-. The van der Waals surface area contributed by atoms with Gasteiger partial charge < -0.3 is 24.6 Å². The van der Waals surface area contributed by atoms with Crippen molar-refractivity contribution in [3.05, 3.63) is 63.1 Å². The molecule has 0 aliphatic carbocycles. The summed E-state index contributed by atoms with van der Waals surface area (Å²) in [5.41, 5.74) is 0.673. The first-order valence-electron chi connectivity index (χ1n) is 9.98. The Bertz CT molecular complexity index is 1070. The van der Waals surface area contributed by atoms with E-state index in [1.54, 1.807) is 32.2 Å². The molecular formula is C23H23Cl2NO6. The van der Waals surface area contributed by atoms with Crippen LogP contribution in [0, 0.1) is 0 Å². The maximum atomic E-state index is 13.0. The lowest BCUT2D eigenvalue weighted by Gasteiger charge is -2.25. The second-order valence-corrected chi connectivity index (χ2v) is 7.94. The SMILES string of the molecule is CCOc1cc(/C(O)=C2/C(=O)C(=O)N(CCCOC)C2c2ccc(O)c(Cl)c2)ccc1Cl. The lowest BCUT2D eigenvalue weighted by Crippen LogP contribution is -2.31. The third-order valence-corrected chi connectivity index (χ3v) is 5.69. The largest absolute Gasteiger partial charge is 0.507 e. The second-order valence-electron chi connectivity index (χ2n) is 7.13. The van der Waals surface area contributed by atoms with Crippen LogP contribution in [0.15, 0.2) is 42.0 Å². The predicted octanol–water partition coefficient (Wildman–Crippen LogP) is 4.56. The molecule has 0 bridgehead atoms. The number of methoxy groups -OCH3 is 1. The Kier molecular flexibility index (Phi) is 7.66. The highest BCUT2D eigenvalue weighted by atomic mass is 35.5. The molecule has 7 nitrogen and oxygen atoms in total. The molecule has 0 saturated carbocycles. The number of amides is 1. The highest BCUT2D eigenvalue weighted by molar-refractivity contribution is 6.46. The van der Waals surface area contributed by atoms with Crippen LogP contribution in [0.1, 0.15) is 30.5 Å². The van der Waals surface area contributed by atoms with Gasteiger partial charge in [0.25, 0.3) is 11.7 Å². The van der Waals surface area contributed by atoms with Crippen molar-refractivity contribution in [1.82, 2.24) is 4.90 Å². The van der Waals surface area contributed by atoms with Gasteiger partial charge in [0.05, 0.1) is 28.3 Å². The van der Waals surface area contributed by atoms with E-state index in [9.17, 15) is 19.8 Å². The number of aromatic hydroxyl groups is 1. The van der Waals surface area contributed by atoms with Gasteiger partial charge in [-0.1, -0.05) is 29.3 Å². The number of Topliss-reactive ketones (excluding diaryl/α,β-unsaturated/α-hetero) is 1. The van der Waals surface area contributed by atoms with Gasteiger partial charge in [0, 0.05) is 25.8 Å². The number of halogens is 2. The van der Waals surface area contributed by atoms with Crippen LogP contribution in [0.4, 0.5) is 0 Å². The zero-order valence-electron chi connectivity index (χ0n) is 17.6. The van der Waals surface area contributed by atoms with Crippen LogP contribution in [-0.2, 0) is 14.3 Å². The summed E-state index contributed by atoms with van der Waals surface area (Å²) in [4.78, 5) is 27.2. The Morgan fingerprint density at radius 2 is 1.88 bits per heavy atom. The molecule has 32 heavy (non-hydrogen) atoms. The second kappa shape index (κ2) is 10.3. The van der Waals surface area contributed by atoms with Crippen LogP contribution in [0.5, 0.6) is 11.5 Å². The summed E-state index contributed by atoms with van der Waals surface area (Å²) in [5.74, 6) is -1.70. The van der Waals surface area contributed by atoms with Gasteiger partial charge in [0.2, 0.25) is 0 Å². The van der Waals surface area contributed by atoms with Crippen molar-refractivity contribution in [2.24, 2.45) is 0 Å². The summed E-state index contributed by atoms with van der Waals surface area (Å²) in [6.07, 6.45) is 0.487. The van der Waals surface area contributed by atoms with E-state index in [2.05, 4.69) is 0 Å². The van der Waals surface area contributed by atoms with Crippen LogP contribution in [0.2, 0.25) is 10.0 Å². The topological polar surface area (TPSA) is 96.3 Å². The molecule has 2 N–H and O–H groups in total. The van der Waals surface area contributed by atoms with E-state index < -0.39 is 17.7 Å². The molecule has 0 aromatic heterocycles. The van der Waals surface area contributed by atoms with Crippen molar-refractivity contribution in [3.8, 4) is 11.5 Å². The Morgan fingerprint density at radius 1 is 1.12 bits per heavy atom. The normalized spacial score (nSPS) is 17.8. The molecule has 1 fully saturated rings. The maximum Gasteiger partial charge on any atom is 0.295 e. The summed E-state index contributed by atoms with van der Waals surface area (Å²) in [5, 5.41) is 21.3. The van der Waals surface area contributed by atoms with E-state index in [1.165, 1.54) is 23.1 Å². The Labute approximate surface area is 195 Å². The summed E-state index contributed by atoms with van der Waals surface area (Å²) >= 11 is 12.2. The first kappa shape index (κ1) is 23.9. The minimum absolute atomic E-state index is 0.0649. The Balaban J connectivity index is 2.15. The number of aliphatic hydroxyl groups excluding tert-OH is 1. The lowest BCUT2D eigenvalue weighted by atomic mass is 9.95. The molecule has 9 heteroatoms. The highest BCUT2D eigenvalue weighted by Crippen LogP contribution is 2.42. The van der Waals surface area contributed by atoms with Gasteiger partial charge in [0.1, 0.15) is 17.3 Å². The molecule has 1 aliphatic heterocycles. The van der Waals surface area contributed by atoms with Crippen LogP contribution in [-0.4, -0.2) is 53.7 Å². The lowest BCUT2D eigenvalue weighted by molar-refractivity contribution is -0.140. The minimum atomic E-state index is -0.892. The fourth-order valence-corrected chi connectivity index (χ4v) is 3.96. The van der Waals surface area contributed by atoms with Gasteiger partial charge in [-0.15, -0.1) is 0 Å². The van der Waals surface area contributed by atoms with Gasteiger partial charge in [-0.2, -0.15) is 0 Å². The quantitative estimate of drug-likeness (QED) is 0.249. The van der Waals surface area contributed by atoms with E-state index in [4.69, 9.17) is 32.7 Å². The predicted molar refractivity (Wildman–Crippen MR) is 121 cm³/mol. The van der Waals surface area contributed by atoms with Crippen molar-refractivity contribution < 1.29 is 29.3 Å². The number of phenols is 1. The van der Waals surface area contributed by atoms with Crippen molar-refractivity contribution in [1.29, 1.82) is 0 Å².